The number of aliphatic hydroxyl groups excluding tert-OH is 2. The largest absolute Gasteiger partial charge is 0.412 e. The molecule has 2 heterocycles. The molecule has 0 spiro atoms. The van der Waals surface area contributed by atoms with Crippen molar-refractivity contribution in [3.05, 3.63) is 30.6 Å². The number of hydrogen-bond donors (Lipinski definition) is 3. The first-order valence-corrected chi connectivity index (χ1v) is 6.06. The third-order valence-corrected chi connectivity index (χ3v) is 3.39. The molecule has 2 rings (SSSR count). The van der Waals surface area contributed by atoms with Gasteiger partial charge in [0.25, 0.3) is 5.56 Å². The van der Waals surface area contributed by atoms with E-state index in [1.807, 2.05) is 0 Å². The van der Waals surface area contributed by atoms with E-state index in [9.17, 15) is 14.7 Å². The Kier molecular flexibility index (Phi) is 5.04. The summed E-state index contributed by atoms with van der Waals surface area (Å²) in [6, 6.07) is 0. The van der Waals surface area contributed by atoms with Gasteiger partial charge in [-0.1, -0.05) is 0 Å². The van der Waals surface area contributed by atoms with Crippen molar-refractivity contribution in [3.63, 3.8) is 0 Å². The topological polar surface area (TPSA) is 136 Å². The number of ether oxygens (including phenoxy) is 1. The predicted molar refractivity (Wildman–Crippen MR) is 69.3 cm³/mol. The van der Waals surface area contributed by atoms with E-state index in [1.165, 1.54) is 10.8 Å². The molecule has 0 saturated carbocycles. The minimum Gasteiger partial charge on any atom is -0.412 e. The van der Waals surface area contributed by atoms with Crippen LogP contribution in [0.5, 0.6) is 0 Å². The number of rotatable bonds is 2. The van der Waals surface area contributed by atoms with Gasteiger partial charge in [-0.15, -0.1) is 0 Å². The van der Waals surface area contributed by atoms with Gasteiger partial charge >= 0.3 is 5.69 Å². The maximum Gasteiger partial charge on any atom is 0.330 e. The average molecular weight is 372 g/mol. The van der Waals surface area contributed by atoms with Gasteiger partial charge in [-0.05, 0) is 22.6 Å². The van der Waals surface area contributed by atoms with Gasteiger partial charge in [-0.2, -0.15) is 0 Å². The molecule has 0 bridgehead atoms. The van der Waals surface area contributed by atoms with Gasteiger partial charge in [0, 0.05) is 12.6 Å². The van der Waals surface area contributed by atoms with Crippen LogP contribution in [-0.2, 0) is 4.74 Å². The van der Waals surface area contributed by atoms with Crippen LogP contribution in [0.1, 0.15) is 12.6 Å². The van der Waals surface area contributed by atoms with E-state index < -0.39 is 29.7 Å². The van der Waals surface area contributed by atoms with Crippen LogP contribution >= 0.6 is 22.6 Å². The SMILES string of the molecule is O.O=c1[nH]c(=O)n(C2C[C@H](O)[C@@H](CO)O2)cc1I. The number of halogens is 1. The Morgan fingerprint density at radius 1 is 1.56 bits per heavy atom. The molecule has 9 heteroatoms. The molecule has 1 aliphatic heterocycles. The standard InChI is InChI=1S/C9H11IN2O5.H2O/c10-4-2-12(9(16)11-8(4)15)7-1-5(14)6(3-13)17-7;/h2,5-7,13-14H,1,3H2,(H,11,15,16);1H2/t5-,6+,7?;/m0./s1. The monoisotopic (exact) mass is 372 g/mol. The molecule has 8 nitrogen and oxygen atoms in total. The third kappa shape index (κ3) is 2.80. The fourth-order valence-corrected chi connectivity index (χ4v) is 2.16. The zero-order chi connectivity index (χ0) is 12.6. The number of aromatic nitrogens is 2. The van der Waals surface area contributed by atoms with E-state index in [0.29, 0.717) is 3.57 Å². The molecule has 1 saturated heterocycles. The smallest absolute Gasteiger partial charge is 0.330 e. The lowest BCUT2D eigenvalue weighted by atomic mass is 10.2. The van der Waals surface area contributed by atoms with Crippen molar-refractivity contribution in [1.82, 2.24) is 9.55 Å². The summed E-state index contributed by atoms with van der Waals surface area (Å²) in [5.41, 5.74) is -1.05. The lowest BCUT2D eigenvalue weighted by Crippen LogP contribution is -2.33. The van der Waals surface area contributed by atoms with Crippen molar-refractivity contribution in [2.75, 3.05) is 6.61 Å². The first-order valence-electron chi connectivity index (χ1n) is 4.98. The number of nitrogens with zero attached hydrogens (tertiary/aromatic N) is 1. The maximum absolute atomic E-state index is 11.6. The first-order chi connectivity index (χ1) is 8.02. The molecule has 1 aliphatic rings. The van der Waals surface area contributed by atoms with Crippen LogP contribution in [0, 0.1) is 3.57 Å². The van der Waals surface area contributed by atoms with Crippen LogP contribution < -0.4 is 11.2 Å². The summed E-state index contributed by atoms with van der Waals surface area (Å²) in [6.07, 6.45) is -0.607. The molecule has 3 atom stereocenters. The van der Waals surface area contributed by atoms with Crippen molar-refractivity contribution in [1.29, 1.82) is 0 Å². The molecule has 1 fully saturated rings. The number of H-pyrrole nitrogens is 1. The second-order valence-corrected chi connectivity index (χ2v) is 4.92. The second kappa shape index (κ2) is 5.93. The molecule has 1 unspecified atom stereocenters. The molecule has 0 aliphatic carbocycles. The fourth-order valence-electron chi connectivity index (χ4n) is 1.72. The highest BCUT2D eigenvalue weighted by Crippen LogP contribution is 2.27. The van der Waals surface area contributed by atoms with Gasteiger partial charge in [0.1, 0.15) is 12.3 Å². The fraction of sp³-hybridized carbons (Fsp3) is 0.556. The highest BCUT2D eigenvalue weighted by molar-refractivity contribution is 14.1. The first kappa shape index (κ1) is 15.3. The van der Waals surface area contributed by atoms with Crippen molar-refractivity contribution in [3.8, 4) is 0 Å². The molecule has 0 amide bonds. The minimum absolute atomic E-state index is 0. The van der Waals surface area contributed by atoms with Crippen LogP contribution in [0.4, 0.5) is 0 Å². The minimum atomic E-state index is -0.818. The van der Waals surface area contributed by atoms with E-state index in [-0.39, 0.29) is 18.5 Å². The molecule has 0 aromatic carbocycles. The Balaban J connectivity index is 0.00000162. The zero-order valence-corrected chi connectivity index (χ0v) is 11.3. The van der Waals surface area contributed by atoms with Crippen molar-refractivity contribution in [2.45, 2.75) is 24.9 Å². The molecule has 18 heavy (non-hydrogen) atoms. The lowest BCUT2D eigenvalue weighted by molar-refractivity contribution is -0.0459. The van der Waals surface area contributed by atoms with Crippen LogP contribution in [0.15, 0.2) is 15.8 Å². The van der Waals surface area contributed by atoms with Crippen LogP contribution in [0.25, 0.3) is 0 Å². The van der Waals surface area contributed by atoms with Gasteiger partial charge < -0.3 is 20.4 Å². The van der Waals surface area contributed by atoms with Crippen molar-refractivity contribution in [2.24, 2.45) is 0 Å². The van der Waals surface area contributed by atoms with E-state index in [1.54, 1.807) is 22.6 Å². The average Bonchev–Trinajstić information content (AvgIpc) is 2.65. The lowest BCUT2D eigenvalue weighted by Gasteiger charge is -2.14. The molecule has 0 radical (unpaired) electrons. The summed E-state index contributed by atoms with van der Waals surface area (Å²) in [7, 11) is 0. The van der Waals surface area contributed by atoms with Gasteiger partial charge in [-0.3, -0.25) is 14.3 Å². The van der Waals surface area contributed by atoms with Gasteiger partial charge in [0.05, 0.1) is 16.3 Å². The van der Waals surface area contributed by atoms with E-state index >= 15 is 0 Å². The second-order valence-electron chi connectivity index (χ2n) is 3.76. The van der Waals surface area contributed by atoms with Crippen LogP contribution in [0.2, 0.25) is 0 Å². The molecular formula is C9H13IN2O6. The molecule has 5 N–H and O–H groups in total. The summed E-state index contributed by atoms with van der Waals surface area (Å²) in [5, 5.41) is 18.5. The number of aliphatic hydroxyl groups is 2. The Hall–Kier alpha value is -0.750. The summed E-state index contributed by atoms with van der Waals surface area (Å²) >= 11 is 1.80. The number of aromatic amines is 1. The highest BCUT2D eigenvalue weighted by Gasteiger charge is 2.34. The molecule has 1 aromatic rings. The normalized spacial score (nSPS) is 26.9. The van der Waals surface area contributed by atoms with Gasteiger partial charge in [-0.25, -0.2) is 4.79 Å². The molecule has 102 valence electrons. The summed E-state index contributed by atoms with van der Waals surface area (Å²) in [4.78, 5) is 24.9. The highest BCUT2D eigenvalue weighted by atomic mass is 127. The summed E-state index contributed by atoms with van der Waals surface area (Å²) in [6.45, 7) is -0.313. The predicted octanol–water partition coefficient (Wildman–Crippen LogP) is -2.04. The number of hydrogen-bond acceptors (Lipinski definition) is 5. The van der Waals surface area contributed by atoms with Crippen molar-refractivity contribution < 1.29 is 20.4 Å². The van der Waals surface area contributed by atoms with Crippen molar-refractivity contribution >= 4 is 22.6 Å². The van der Waals surface area contributed by atoms with E-state index in [4.69, 9.17) is 9.84 Å². The van der Waals surface area contributed by atoms with Gasteiger partial charge in [0.15, 0.2) is 0 Å². The van der Waals surface area contributed by atoms with E-state index in [0.717, 1.165) is 0 Å². The molecular weight excluding hydrogens is 359 g/mol. The Morgan fingerprint density at radius 2 is 2.22 bits per heavy atom. The van der Waals surface area contributed by atoms with E-state index in [2.05, 4.69) is 4.98 Å². The Labute approximate surface area is 115 Å². The molecule has 1 aromatic heterocycles. The summed E-state index contributed by atoms with van der Waals surface area (Å²) in [5.74, 6) is 0. The Morgan fingerprint density at radius 3 is 2.78 bits per heavy atom. The van der Waals surface area contributed by atoms with Gasteiger partial charge in [0.2, 0.25) is 0 Å². The maximum atomic E-state index is 11.6. The zero-order valence-electron chi connectivity index (χ0n) is 9.17. The number of nitrogens with one attached hydrogen (secondary N) is 1. The van der Waals surface area contributed by atoms with Crippen LogP contribution in [-0.4, -0.2) is 44.1 Å². The van der Waals surface area contributed by atoms with Crippen LogP contribution in [0.3, 0.4) is 0 Å². The quantitative estimate of drug-likeness (QED) is 0.514. The summed E-state index contributed by atoms with van der Waals surface area (Å²) < 4.78 is 6.89. The third-order valence-electron chi connectivity index (χ3n) is 2.62. The Bertz CT molecular complexity index is 527.